The quantitative estimate of drug-likeness (QED) is 0.429. The molecule has 0 unspecified atom stereocenters. The molecule has 0 saturated carbocycles. The zero-order chi connectivity index (χ0) is 21.1. The van der Waals surface area contributed by atoms with Gasteiger partial charge in [-0.05, 0) is 64.0 Å². The van der Waals surface area contributed by atoms with Crippen molar-refractivity contribution in [3.8, 4) is 5.75 Å². The van der Waals surface area contributed by atoms with E-state index in [1.54, 1.807) is 18.2 Å². The highest BCUT2D eigenvalue weighted by Gasteiger charge is 2.36. The van der Waals surface area contributed by atoms with E-state index < -0.39 is 23.8 Å². The first-order chi connectivity index (χ1) is 13.8. The van der Waals surface area contributed by atoms with Crippen LogP contribution in [-0.2, 0) is 14.3 Å². The third-order valence-corrected chi connectivity index (χ3v) is 4.75. The topological polar surface area (TPSA) is 102 Å². The van der Waals surface area contributed by atoms with E-state index in [2.05, 4.69) is 26.0 Å². The number of carbonyl (C=O) groups is 4. The van der Waals surface area contributed by atoms with Crippen molar-refractivity contribution in [3.63, 3.8) is 0 Å². The maximum absolute atomic E-state index is 12.9. The number of nitrogens with one attached hydrogen (secondary N) is 1. The van der Waals surface area contributed by atoms with Crippen molar-refractivity contribution >= 4 is 51.5 Å². The molecule has 1 aliphatic heterocycles. The van der Waals surface area contributed by atoms with Gasteiger partial charge in [-0.15, -0.1) is 0 Å². The molecule has 0 atom stereocenters. The van der Waals surface area contributed by atoms with Gasteiger partial charge in [0.05, 0.1) is 29.9 Å². The lowest BCUT2D eigenvalue weighted by molar-refractivity contribution is -0.122. The first-order valence-electron chi connectivity index (χ1n) is 8.29. The van der Waals surface area contributed by atoms with Gasteiger partial charge >= 0.3 is 12.0 Å². The summed E-state index contributed by atoms with van der Waals surface area (Å²) in [6.45, 7) is 0. The number of hydrogen-bond donors (Lipinski definition) is 1. The average Bonchev–Trinajstić information content (AvgIpc) is 2.71. The minimum absolute atomic E-state index is 0.203. The van der Waals surface area contributed by atoms with Gasteiger partial charge in [0, 0.05) is 0 Å². The summed E-state index contributed by atoms with van der Waals surface area (Å²) in [5.74, 6) is -1.54. The lowest BCUT2D eigenvalue weighted by atomic mass is 10.1. The summed E-state index contributed by atoms with van der Waals surface area (Å²) in [4.78, 5) is 49.8. The SMILES string of the molecule is COC(=O)c1ccc(N2C(=O)NC(=O)/C(=C\c3ccc(OC)c(Br)c3)C2=O)cc1. The van der Waals surface area contributed by atoms with Crippen molar-refractivity contribution in [2.24, 2.45) is 0 Å². The predicted octanol–water partition coefficient (Wildman–Crippen LogP) is 2.91. The highest BCUT2D eigenvalue weighted by molar-refractivity contribution is 9.10. The molecular weight excluding hydrogens is 444 g/mol. The van der Waals surface area contributed by atoms with Gasteiger partial charge < -0.3 is 9.47 Å². The molecule has 0 bridgehead atoms. The number of anilines is 1. The van der Waals surface area contributed by atoms with Gasteiger partial charge in [0.2, 0.25) is 0 Å². The molecule has 1 aliphatic rings. The Morgan fingerprint density at radius 2 is 1.76 bits per heavy atom. The van der Waals surface area contributed by atoms with Crippen LogP contribution in [0.5, 0.6) is 5.75 Å². The normalized spacial score (nSPS) is 15.3. The minimum atomic E-state index is -0.876. The Morgan fingerprint density at radius 1 is 1.07 bits per heavy atom. The Labute approximate surface area is 174 Å². The Hall–Kier alpha value is -3.46. The number of halogens is 1. The van der Waals surface area contributed by atoms with E-state index in [4.69, 9.17) is 4.74 Å². The summed E-state index contributed by atoms with van der Waals surface area (Å²) < 4.78 is 10.4. The standard InChI is InChI=1S/C20H15BrN2O6/c1-28-16-8-3-11(10-15(16)21)9-14-17(24)22-20(27)23(18(14)25)13-6-4-12(5-7-13)19(26)29-2/h3-10H,1-2H3,(H,22,24,27)/b14-9+. The van der Waals surface area contributed by atoms with E-state index in [-0.39, 0.29) is 16.8 Å². The fourth-order valence-electron chi connectivity index (χ4n) is 2.70. The highest BCUT2D eigenvalue weighted by atomic mass is 79.9. The number of hydrogen-bond acceptors (Lipinski definition) is 6. The highest BCUT2D eigenvalue weighted by Crippen LogP contribution is 2.28. The van der Waals surface area contributed by atoms with Crippen molar-refractivity contribution in [2.75, 3.05) is 19.1 Å². The first-order valence-corrected chi connectivity index (χ1v) is 9.08. The Morgan fingerprint density at radius 3 is 2.34 bits per heavy atom. The van der Waals surface area contributed by atoms with Crippen molar-refractivity contribution in [2.45, 2.75) is 0 Å². The number of rotatable bonds is 4. The molecule has 0 radical (unpaired) electrons. The number of benzene rings is 2. The molecule has 0 spiro atoms. The van der Waals surface area contributed by atoms with Crippen molar-refractivity contribution < 1.29 is 28.7 Å². The molecule has 29 heavy (non-hydrogen) atoms. The van der Waals surface area contributed by atoms with E-state index in [1.807, 2.05) is 0 Å². The molecule has 3 rings (SSSR count). The van der Waals surface area contributed by atoms with Gasteiger partial charge in [0.15, 0.2) is 0 Å². The zero-order valence-corrected chi connectivity index (χ0v) is 17.0. The minimum Gasteiger partial charge on any atom is -0.496 e. The van der Waals surface area contributed by atoms with Gasteiger partial charge in [-0.3, -0.25) is 14.9 Å². The second-order valence-electron chi connectivity index (χ2n) is 5.89. The molecule has 0 aliphatic carbocycles. The molecule has 1 fully saturated rings. The van der Waals surface area contributed by atoms with E-state index in [9.17, 15) is 19.2 Å². The van der Waals surface area contributed by atoms with Gasteiger partial charge in [0.25, 0.3) is 11.8 Å². The van der Waals surface area contributed by atoms with Crippen molar-refractivity contribution in [1.29, 1.82) is 0 Å². The number of amides is 4. The maximum Gasteiger partial charge on any atom is 0.337 e. The zero-order valence-electron chi connectivity index (χ0n) is 15.4. The number of carbonyl (C=O) groups excluding carboxylic acids is 4. The van der Waals surface area contributed by atoms with Gasteiger partial charge in [-0.2, -0.15) is 0 Å². The van der Waals surface area contributed by atoms with Gasteiger partial charge in [-0.25, -0.2) is 14.5 Å². The molecule has 1 N–H and O–H groups in total. The number of esters is 1. The van der Waals surface area contributed by atoms with E-state index in [0.29, 0.717) is 15.8 Å². The maximum atomic E-state index is 12.9. The number of methoxy groups -OCH3 is 2. The molecule has 1 heterocycles. The monoisotopic (exact) mass is 458 g/mol. The smallest absolute Gasteiger partial charge is 0.337 e. The fraction of sp³-hybridized carbons (Fsp3) is 0.100. The van der Waals surface area contributed by atoms with E-state index >= 15 is 0 Å². The fourth-order valence-corrected chi connectivity index (χ4v) is 3.25. The van der Waals surface area contributed by atoms with Crippen LogP contribution >= 0.6 is 15.9 Å². The Kier molecular flexibility index (Phi) is 5.79. The molecule has 148 valence electrons. The molecule has 0 aromatic heterocycles. The van der Waals surface area contributed by atoms with Crippen LogP contribution in [0.2, 0.25) is 0 Å². The van der Waals surface area contributed by atoms with Crippen LogP contribution in [0.4, 0.5) is 10.5 Å². The van der Waals surface area contributed by atoms with Gasteiger partial charge in [-0.1, -0.05) is 6.07 Å². The summed E-state index contributed by atoms with van der Waals surface area (Å²) >= 11 is 3.34. The van der Waals surface area contributed by atoms with Crippen LogP contribution in [0.1, 0.15) is 15.9 Å². The molecule has 2 aromatic carbocycles. The molecule has 2 aromatic rings. The average molecular weight is 459 g/mol. The van der Waals surface area contributed by atoms with Crippen molar-refractivity contribution in [3.05, 3.63) is 63.6 Å². The molecule has 9 heteroatoms. The Bertz CT molecular complexity index is 1050. The van der Waals surface area contributed by atoms with Crippen LogP contribution in [0.25, 0.3) is 6.08 Å². The Balaban J connectivity index is 1.95. The summed E-state index contributed by atoms with van der Waals surface area (Å²) in [6.07, 6.45) is 1.38. The number of barbiturate groups is 1. The second-order valence-corrected chi connectivity index (χ2v) is 6.74. The molecule has 8 nitrogen and oxygen atoms in total. The number of ether oxygens (including phenoxy) is 2. The summed E-state index contributed by atoms with van der Waals surface area (Å²) in [6, 6.07) is 9.82. The summed E-state index contributed by atoms with van der Waals surface area (Å²) in [5.41, 5.74) is 0.815. The third-order valence-electron chi connectivity index (χ3n) is 4.14. The third kappa shape index (κ3) is 4.04. The largest absolute Gasteiger partial charge is 0.496 e. The molecule has 4 amide bonds. The molecule has 1 saturated heterocycles. The summed E-state index contributed by atoms with van der Waals surface area (Å²) in [5, 5.41) is 2.15. The predicted molar refractivity (Wildman–Crippen MR) is 107 cm³/mol. The van der Waals surface area contributed by atoms with Crippen molar-refractivity contribution in [1.82, 2.24) is 5.32 Å². The lowest BCUT2D eigenvalue weighted by Crippen LogP contribution is -2.54. The second kappa shape index (κ2) is 8.27. The van der Waals surface area contributed by atoms with E-state index in [0.717, 1.165) is 4.90 Å². The van der Waals surface area contributed by atoms with Crippen LogP contribution in [0.15, 0.2) is 52.5 Å². The van der Waals surface area contributed by atoms with Crippen LogP contribution in [0.3, 0.4) is 0 Å². The van der Waals surface area contributed by atoms with Crippen LogP contribution < -0.4 is 15.0 Å². The first kappa shape index (κ1) is 20.3. The number of urea groups is 1. The number of imide groups is 2. The van der Waals surface area contributed by atoms with E-state index in [1.165, 1.54) is 44.6 Å². The van der Waals surface area contributed by atoms with Crippen LogP contribution in [0, 0.1) is 0 Å². The molecular formula is C20H15BrN2O6. The van der Waals surface area contributed by atoms with Crippen LogP contribution in [-0.4, -0.2) is 38.0 Å². The van der Waals surface area contributed by atoms with Gasteiger partial charge in [0.1, 0.15) is 11.3 Å². The number of nitrogens with zero attached hydrogens (tertiary/aromatic N) is 1. The summed E-state index contributed by atoms with van der Waals surface area (Å²) in [7, 11) is 2.77. The lowest BCUT2D eigenvalue weighted by Gasteiger charge is -2.26.